The molecule has 0 saturated carbocycles. The smallest absolute Gasteiger partial charge is 0.260 e. The van der Waals surface area contributed by atoms with E-state index in [4.69, 9.17) is 4.42 Å². The number of hydrogen-bond acceptors (Lipinski definition) is 4. The summed E-state index contributed by atoms with van der Waals surface area (Å²) < 4.78 is 18.3. The summed E-state index contributed by atoms with van der Waals surface area (Å²) in [6.45, 7) is 3.54. The summed E-state index contributed by atoms with van der Waals surface area (Å²) in [6.07, 6.45) is 0. The van der Waals surface area contributed by atoms with E-state index < -0.39 is 0 Å². The normalized spacial score (nSPS) is 10.7. The van der Waals surface area contributed by atoms with Crippen LogP contribution in [0.5, 0.6) is 0 Å². The Labute approximate surface area is 130 Å². The molecule has 0 aliphatic rings. The molecule has 0 radical (unpaired) electrons. The Balaban J connectivity index is 1.78. The molecule has 3 rings (SSSR count). The predicted molar refractivity (Wildman–Crippen MR) is 83.6 cm³/mol. The van der Waals surface area contributed by atoms with E-state index in [1.807, 2.05) is 5.38 Å². The number of nitrogens with one attached hydrogen (secondary N) is 1. The molecule has 0 saturated heterocycles. The first kappa shape index (κ1) is 14.5. The topological polar surface area (TPSA) is 55.1 Å². The van der Waals surface area contributed by atoms with Gasteiger partial charge in [0.25, 0.3) is 5.91 Å². The van der Waals surface area contributed by atoms with Gasteiger partial charge >= 0.3 is 0 Å². The summed E-state index contributed by atoms with van der Waals surface area (Å²) in [5.74, 6) is 0.715. The maximum absolute atomic E-state index is 12.9. The van der Waals surface area contributed by atoms with Gasteiger partial charge in [0.15, 0.2) is 5.13 Å². The minimum Gasteiger partial charge on any atom is -0.466 e. The lowest BCUT2D eigenvalue weighted by Crippen LogP contribution is -2.11. The highest BCUT2D eigenvalue weighted by molar-refractivity contribution is 7.14. The number of amides is 1. The van der Waals surface area contributed by atoms with E-state index in [2.05, 4.69) is 10.3 Å². The number of thiazole rings is 1. The Morgan fingerprint density at radius 2 is 2.00 bits per heavy atom. The van der Waals surface area contributed by atoms with Crippen LogP contribution < -0.4 is 5.32 Å². The molecule has 1 aromatic carbocycles. The lowest BCUT2D eigenvalue weighted by atomic mass is 10.2. The summed E-state index contributed by atoms with van der Waals surface area (Å²) in [5, 5.41) is 5.05. The molecule has 6 heteroatoms. The molecule has 2 heterocycles. The average Bonchev–Trinajstić information content (AvgIpc) is 3.06. The SMILES string of the molecule is Cc1cc(C(=O)Nc2nc(-c3ccc(F)cc3)cs2)c(C)o1. The molecule has 1 amide bonds. The van der Waals surface area contributed by atoms with Crippen LogP contribution in [-0.2, 0) is 0 Å². The minimum atomic E-state index is -0.293. The van der Waals surface area contributed by atoms with Crippen molar-refractivity contribution in [3.8, 4) is 11.3 Å². The maximum atomic E-state index is 12.9. The molecule has 0 unspecified atom stereocenters. The van der Waals surface area contributed by atoms with Crippen molar-refractivity contribution in [1.82, 2.24) is 4.98 Å². The van der Waals surface area contributed by atoms with E-state index in [9.17, 15) is 9.18 Å². The van der Waals surface area contributed by atoms with Gasteiger partial charge in [-0.3, -0.25) is 10.1 Å². The molecule has 22 heavy (non-hydrogen) atoms. The van der Waals surface area contributed by atoms with Gasteiger partial charge < -0.3 is 4.42 Å². The van der Waals surface area contributed by atoms with Crippen LogP contribution in [0, 0.1) is 19.7 Å². The number of aromatic nitrogens is 1. The van der Waals surface area contributed by atoms with Gasteiger partial charge in [-0.1, -0.05) is 0 Å². The van der Waals surface area contributed by atoms with E-state index in [-0.39, 0.29) is 11.7 Å². The second-order valence-electron chi connectivity index (χ2n) is 4.83. The quantitative estimate of drug-likeness (QED) is 0.778. The van der Waals surface area contributed by atoms with Gasteiger partial charge in [0, 0.05) is 10.9 Å². The van der Waals surface area contributed by atoms with Crippen molar-refractivity contribution in [2.45, 2.75) is 13.8 Å². The first-order valence-electron chi connectivity index (χ1n) is 6.63. The first-order valence-corrected chi connectivity index (χ1v) is 7.51. The minimum absolute atomic E-state index is 0.255. The van der Waals surface area contributed by atoms with Crippen molar-refractivity contribution in [3.63, 3.8) is 0 Å². The molecule has 0 fully saturated rings. The van der Waals surface area contributed by atoms with Crippen molar-refractivity contribution in [1.29, 1.82) is 0 Å². The van der Waals surface area contributed by atoms with Gasteiger partial charge in [0.1, 0.15) is 17.3 Å². The van der Waals surface area contributed by atoms with Crippen LogP contribution in [-0.4, -0.2) is 10.9 Å². The number of aryl methyl sites for hydroxylation is 2. The number of hydrogen-bond donors (Lipinski definition) is 1. The van der Waals surface area contributed by atoms with Crippen LogP contribution >= 0.6 is 11.3 Å². The second kappa shape index (κ2) is 5.73. The molecule has 112 valence electrons. The van der Waals surface area contributed by atoms with Crippen LogP contribution in [0.2, 0.25) is 0 Å². The molecule has 2 aromatic heterocycles. The second-order valence-corrected chi connectivity index (χ2v) is 5.68. The number of carbonyl (C=O) groups is 1. The predicted octanol–water partition coefficient (Wildman–Crippen LogP) is 4.41. The van der Waals surface area contributed by atoms with Gasteiger partial charge in [0.2, 0.25) is 0 Å². The number of benzene rings is 1. The lowest BCUT2D eigenvalue weighted by Gasteiger charge is -1.99. The molecule has 4 nitrogen and oxygen atoms in total. The van der Waals surface area contributed by atoms with Gasteiger partial charge in [-0.05, 0) is 44.2 Å². The molecule has 3 aromatic rings. The van der Waals surface area contributed by atoms with Crippen molar-refractivity contribution in [2.24, 2.45) is 0 Å². The standard InChI is InChI=1S/C16H13FN2O2S/c1-9-7-13(10(2)21-9)15(20)19-16-18-14(8-22-16)11-3-5-12(17)6-4-11/h3-8H,1-2H3,(H,18,19,20). The van der Waals surface area contributed by atoms with Crippen molar-refractivity contribution < 1.29 is 13.6 Å². The third-order valence-electron chi connectivity index (χ3n) is 3.15. The fraction of sp³-hybridized carbons (Fsp3) is 0.125. The zero-order valence-corrected chi connectivity index (χ0v) is 12.8. The Morgan fingerprint density at radius 3 is 2.64 bits per heavy atom. The van der Waals surface area contributed by atoms with E-state index in [1.165, 1.54) is 23.5 Å². The first-order chi connectivity index (χ1) is 10.5. The van der Waals surface area contributed by atoms with E-state index in [0.717, 1.165) is 5.56 Å². The van der Waals surface area contributed by atoms with Crippen LogP contribution in [0.4, 0.5) is 9.52 Å². The van der Waals surface area contributed by atoms with Crippen molar-refractivity contribution >= 4 is 22.4 Å². The summed E-state index contributed by atoms with van der Waals surface area (Å²) in [4.78, 5) is 16.5. The molecular weight excluding hydrogens is 303 g/mol. The Bertz CT molecular complexity index is 821. The number of halogens is 1. The van der Waals surface area contributed by atoms with Crippen molar-refractivity contribution in [2.75, 3.05) is 5.32 Å². The Kier molecular flexibility index (Phi) is 3.77. The monoisotopic (exact) mass is 316 g/mol. The summed E-state index contributed by atoms with van der Waals surface area (Å²) in [7, 11) is 0. The maximum Gasteiger partial charge on any atom is 0.260 e. The molecule has 0 aliphatic carbocycles. The molecule has 1 N–H and O–H groups in total. The van der Waals surface area contributed by atoms with Gasteiger partial charge in [-0.2, -0.15) is 0 Å². The molecule has 0 aliphatic heterocycles. The number of nitrogens with zero attached hydrogens (tertiary/aromatic N) is 1. The summed E-state index contributed by atoms with van der Waals surface area (Å²) >= 11 is 1.32. The van der Waals surface area contributed by atoms with Crippen LogP contribution in [0.25, 0.3) is 11.3 Å². The zero-order valence-electron chi connectivity index (χ0n) is 12.0. The fourth-order valence-corrected chi connectivity index (χ4v) is 2.82. The van der Waals surface area contributed by atoms with E-state index in [0.29, 0.717) is 27.9 Å². The highest BCUT2D eigenvalue weighted by atomic mass is 32.1. The number of anilines is 1. The zero-order chi connectivity index (χ0) is 15.7. The third kappa shape index (κ3) is 2.92. The van der Waals surface area contributed by atoms with Gasteiger partial charge in [-0.25, -0.2) is 9.37 Å². The molecular formula is C16H13FN2O2S. The highest BCUT2D eigenvalue weighted by Gasteiger charge is 2.15. The van der Waals surface area contributed by atoms with Crippen molar-refractivity contribution in [3.05, 3.63) is 58.6 Å². The van der Waals surface area contributed by atoms with Gasteiger partial charge in [0.05, 0.1) is 11.3 Å². The third-order valence-corrected chi connectivity index (χ3v) is 3.91. The molecule has 0 spiro atoms. The van der Waals surface area contributed by atoms with E-state index in [1.54, 1.807) is 32.0 Å². The lowest BCUT2D eigenvalue weighted by molar-refractivity contribution is 0.102. The largest absolute Gasteiger partial charge is 0.466 e. The molecule has 0 bridgehead atoms. The summed E-state index contributed by atoms with van der Waals surface area (Å²) in [6, 6.07) is 7.76. The average molecular weight is 316 g/mol. The highest BCUT2D eigenvalue weighted by Crippen LogP contribution is 2.26. The number of furan rings is 1. The fourth-order valence-electron chi connectivity index (χ4n) is 2.11. The summed E-state index contributed by atoms with van der Waals surface area (Å²) in [5.41, 5.74) is 1.99. The number of carbonyl (C=O) groups excluding carboxylic acids is 1. The Morgan fingerprint density at radius 1 is 1.27 bits per heavy atom. The number of rotatable bonds is 3. The van der Waals surface area contributed by atoms with E-state index >= 15 is 0 Å². The van der Waals surface area contributed by atoms with Crippen LogP contribution in [0.3, 0.4) is 0 Å². The van der Waals surface area contributed by atoms with Gasteiger partial charge in [-0.15, -0.1) is 11.3 Å². The van der Waals surface area contributed by atoms with Crippen LogP contribution in [0.1, 0.15) is 21.9 Å². The molecule has 0 atom stereocenters. The Hall–Kier alpha value is -2.47. The van der Waals surface area contributed by atoms with Crippen LogP contribution in [0.15, 0.2) is 40.1 Å².